The lowest BCUT2D eigenvalue weighted by Gasteiger charge is -2.08. The Labute approximate surface area is 166 Å². The number of hydrogen-bond acceptors (Lipinski definition) is 2. The Morgan fingerprint density at radius 1 is 0.857 bits per heavy atom. The van der Waals surface area contributed by atoms with Crippen molar-refractivity contribution in [2.45, 2.75) is 0 Å². The molecule has 0 aliphatic carbocycles. The van der Waals surface area contributed by atoms with Gasteiger partial charge in [-0.1, -0.05) is 72.3 Å². The lowest BCUT2D eigenvalue weighted by Crippen LogP contribution is -2.00. The van der Waals surface area contributed by atoms with E-state index in [0.29, 0.717) is 16.1 Å². The van der Waals surface area contributed by atoms with E-state index < -0.39 is 0 Å². The molecule has 2 aromatic heterocycles. The van der Waals surface area contributed by atoms with Gasteiger partial charge in [0.2, 0.25) is 0 Å². The molecule has 28 heavy (non-hydrogen) atoms. The van der Waals surface area contributed by atoms with E-state index in [4.69, 9.17) is 16.6 Å². The van der Waals surface area contributed by atoms with Crippen LogP contribution in [0.4, 0.5) is 0 Å². The number of carbonyl (C=O) groups excluding carboxylic acids is 1. The second-order valence-corrected chi connectivity index (χ2v) is 7.07. The van der Waals surface area contributed by atoms with Crippen molar-refractivity contribution in [3.05, 3.63) is 101 Å². The second-order valence-electron chi connectivity index (χ2n) is 6.63. The molecule has 4 heteroatoms. The highest BCUT2D eigenvalue weighted by molar-refractivity contribution is 6.30. The van der Waals surface area contributed by atoms with Crippen molar-refractivity contribution in [1.29, 1.82) is 0 Å². The lowest BCUT2D eigenvalue weighted by molar-refractivity contribution is 0.104. The van der Waals surface area contributed by atoms with Gasteiger partial charge in [-0.05, 0) is 18.2 Å². The first-order valence-corrected chi connectivity index (χ1v) is 9.36. The van der Waals surface area contributed by atoms with Crippen molar-refractivity contribution in [2.75, 3.05) is 0 Å². The fourth-order valence-corrected chi connectivity index (χ4v) is 3.72. The number of rotatable bonds is 3. The summed E-state index contributed by atoms with van der Waals surface area (Å²) in [6, 6.07) is 24.8. The van der Waals surface area contributed by atoms with Crippen LogP contribution in [-0.4, -0.2) is 15.8 Å². The quantitative estimate of drug-likeness (QED) is 0.374. The molecular formula is C24H15ClN2O. The monoisotopic (exact) mass is 382 g/mol. The van der Waals surface area contributed by atoms with E-state index in [1.807, 2.05) is 78.9 Å². The molecule has 5 rings (SSSR count). The number of H-pyrrole nitrogens is 1. The molecule has 0 atom stereocenters. The SMILES string of the molecule is O=C(c1ccccc1)c1c[nH]c2c(-c3ccc(Cl)cc3)nc3ccccc3c12. The third kappa shape index (κ3) is 2.68. The number of carbonyl (C=O) groups is 1. The molecule has 0 unspecified atom stereocenters. The Morgan fingerprint density at radius 3 is 2.36 bits per heavy atom. The molecule has 3 aromatic carbocycles. The van der Waals surface area contributed by atoms with Crippen molar-refractivity contribution < 1.29 is 4.79 Å². The van der Waals surface area contributed by atoms with Crippen LogP contribution in [0.2, 0.25) is 5.02 Å². The summed E-state index contributed by atoms with van der Waals surface area (Å²) >= 11 is 6.05. The van der Waals surface area contributed by atoms with Crippen LogP contribution in [0.3, 0.4) is 0 Å². The van der Waals surface area contributed by atoms with Gasteiger partial charge in [0.25, 0.3) is 0 Å². The number of nitrogens with one attached hydrogen (secondary N) is 1. The fraction of sp³-hybridized carbons (Fsp3) is 0. The standard InChI is InChI=1S/C24H15ClN2O/c25-17-12-10-15(11-13-17)22-23-21(18-8-4-5-9-20(18)27-22)19(14-26-23)24(28)16-6-2-1-3-7-16/h1-14,26H. The summed E-state index contributed by atoms with van der Waals surface area (Å²) in [7, 11) is 0. The summed E-state index contributed by atoms with van der Waals surface area (Å²) in [5, 5.41) is 2.52. The summed E-state index contributed by atoms with van der Waals surface area (Å²) in [5.41, 5.74) is 4.76. The van der Waals surface area contributed by atoms with Crippen LogP contribution in [0, 0.1) is 0 Å². The predicted molar refractivity (Wildman–Crippen MR) is 114 cm³/mol. The van der Waals surface area contributed by atoms with Crippen molar-refractivity contribution in [3.63, 3.8) is 0 Å². The van der Waals surface area contributed by atoms with E-state index in [9.17, 15) is 4.79 Å². The van der Waals surface area contributed by atoms with Crippen LogP contribution < -0.4 is 0 Å². The molecule has 3 nitrogen and oxygen atoms in total. The zero-order valence-corrected chi connectivity index (χ0v) is 15.6. The summed E-state index contributed by atoms with van der Waals surface area (Å²) in [6.07, 6.45) is 1.79. The highest BCUT2D eigenvalue weighted by Crippen LogP contribution is 2.35. The number of aromatic nitrogens is 2. The van der Waals surface area contributed by atoms with Gasteiger partial charge in [-0.2, -0.15) is 0 Å². The number of nitrogens with zero attached hydrogens (tertiary/aromatic N) is 1. The Bertz CT molecular complexity index is 1320. The Kier molecular flexibility index (Phi) is 3.96. The minimum absolute atomic E-state index is 0.00902. The molecule has 5 aromatic rings. The van der Waals surface area contributed by atoms with Crippen LogP contribution in [0.15, 0.2) is 85.1 Å². The van der Waals surface area contributed by atoms with E-state index in [-0.39, 0.29) is 5.78 Å². The third-order valence-electron chi connectivity index (χ3n) is 4.92. The minimum atomic E-state index is -0.00902. The number of pyridine rings is 1. The number of para-hydroxylation sites is 1. The Balaban J connectivity index is 1.83. The number of fused-ring (bicyclic) bond motifs is 3. The Morgan fingerprint density at radius 2 is 1.57 bits per heavy atom. The molecule has 0 amide bonds. The van der Waals surface area contributed by atoms with Crippen LogP contribution >= 0.6 is 11.6 Å². The van der Waals surface area contributed by atoms with Crippen molar-refractivity contribution in [3.8, 4) is 11.3 Å². The molecule has 1 N–H and O–H groups in total. The summed E-state index contributed by atoms with van der Waals surface area (Å²) < 4.78 is 0. The van der Waals surface area contributed by atoms with Gasteiger partial charge < -0.3 is 4.98 Å². The van der Waals surface area contributed by atoms with E-state index in [2.05, 4.69) is 4.98 Å². The van der Waals surface area contributed by atoms with E-state index in [1.54, 1.807) is 6.20 Å². The number of ketones is 1. The van der Waals surface area contributed by atoms with Crippen molar-refractivity contribution in [1.82, 2.24) is 9.97 Å². The topological polar surface area (TPSA) is 45.8 Å². The van der Waals surface area contributed by atoms with Crippen LogP contribution in [0.25, 0.3) is 33.1 Å². The normalized spacial score (nSPS) is 11.2. The fourth-order valence-electron chi connectivity index (χ4n) is 3.59. The number of benzene rings is 3. The smallest absolute Gasteiger partial charge is 0.195 e. The van der Waals surface area contributed by atoms with Gasteiger partial charge in [-0.3, -0.25) is 4.79 Å². The van der Waals surface area contributed by atoms with Crippen LogP contribution in [-0.2, 0) is 0 Å². The highest BCUT2D eigenvalue weighted by atomic mass is 35.5. The number of halogens is 1. The Hall–Kier alpha value is -3.43. The molecule has 0 bridgehead atoms. The molecule has 0 aliphatic heterocycles. The van der Waals surface area contributed by atoms with Crippen LogP contribution in [0.5, 0.6) is 0 Å². The first kappa shape index (κ1) is 16.7. The summed E-state index contributed by atoms with van der Waals surface area (Å²) in [4.78, 5) is 21.4. The average Bonchev–Trinajstić information content (AvgIpc) is 3.19. The van der Waals surface area contributed by atoms with Crippen molar-refractivity contribution >= 4 is 39.2 Å². The van der Waals surface area contributed by atoms with Gasteiger partial charge in [-0.15, -0.1) is 0 Å². The van der Waals surface area contributed by atoms with Gasteiger partial charge in [0, 0.05) is 38.7 Å². The minimum Gasteiger partial charge on any atom is -0.359 e. The lowest BCUT2D eigenvalue weighted by atomic mass is 9.98. The van der Waals surface area contributed by atoms with Gasteiger partial charge in [-0.25, -0.2) is 4.98 Å². The third-order valence-corrected chi connectivity index (χ3v) is 5.17. The van der Waals surface area contributed by atoms with Crippen molar-refractivity contribution in [2.24, 2.45) is 0 Å². The van der Waals surface area contributed by atoms with Gasteiger partial charge in [0.1, 0.15) is 0 Å². The van der Waals surface area contributed by atoms with Crippen LogP contribution in [0.1, 0.15) is 15.9 Å². The predicted octanol–water partition coefficient (Wildman–Crippen LogP) is 6.27. The first-order valence-electron chi connectivity index (χ1n) is 8.98. The maximum atomic E-state index is 13.2. The molecule has 0 saturated carbocycles. The van der Waals surface area contributed by atoms with Gasteiger partial charge >= 0.3 is 0 Å². The molecule has 0 aliphatic rings. The van der Waals surface area contributed by atoms with Gasteiger partial charge in [0.15, 0.2) is 5.78 Å². The molecule has 0 saturated heterocycles. The zero-order chi connectivity index (χ0) is 19.1. The first-order chi connectivity index (χ1) is 13.7. The molecule has 0 radical (unpaired) electrons. The molecule has 134 valence electrons. The van der Waals surface area contributed by atoms with E-state index in [1.165, 1.54) is 0 Å². The molecule has 0 spiro atoms. The maximum absolute atomic E-state index is 13.2. The number of aromatic amines is 1. The summed E-state index contributed by atoms with van der Waals surface area (Å²) in [6.45, 7) is 0. The highest BCUT2D eigenvalue weighted by Gasteiger charge is 2.19. The largest absolute Gasteiger partial charge is 0.359 e. The zero-order valence-electron chi connectivity index (χ0n) is 14.8. The van der Waals surface area contributed by atoms with E-state index >= 15 is 0 Å². The molecule has 0 fully saturated rings. The van der Waals surface area contributed by atoms with E-state index in [0.717, 1.165) is 33.1 Å². The number of hydrogen-bond donors (Lipinski definition) is 1. The molecule has 2 heterocycles. The maximum Gasteiger partial charge on any atom is 0.195 e. The average molecular weight is 383 g/mol. The molecular weight excluding hydrogens is 368 g/mol. The second kappa shape index (κ2) is 6.63. The van der Waals surface area contributed by atoms with Gasteiger partial charge in [0.05, 0.1) is 16.7 Å². The summed E-state index contributed by atoms with van der Waals surface area (Å²) in [5.74, 6) is -0.00902.